The van der Waals surface area contributed by atoms with E-state index in [9.17, 15) is 0 Å². The molecule has 4 aromatic rings. The molecule has 36 heavy (non-hydrogen) atoms. The van der Waals surface area contributed by atoms with Gasteiger partial charge >= 0.3 is 202 Å². The second-order valence-electron chi connectivity index (χ2n) is 9.55. The molecular formula is C32H35Cl2SiZr. The van der Waals surface area contributed by atoms with Crippen molar-refractivity contribution in [1.82, 2.24) is 0 Å². The van der Waals surface area contributed by atoms with Gasteiger partial charge in [0.25, 0.3) is 0 Å². The Kier molecular flexibility index (Phi) is 10.0. The SMILES string of the molecule is CC.CC[SiH2][Zr+2]([CH]1C(C)=Cc2c1ccc1ccccc21)[CH]1C(C)=Cc2c1ccc1ccccc21.[Cl-].[Cl-]. The zero-order chi connectivity index (χ0) is 23.8. The molecule has 2 aliphatic carbocycles. The Morgan fingerprint density at radius 3 is 1.47 bits per heavy atom. The number of halogens is 2. The minimum atomic E-state index is -1.84. The molecule has 0 N–H and O–H groups in total. The van der Waals surface area contributed by atoms with Gasteiger partial charge in [0.05, 0.1) is 0 Å². The van der Waals surface area contributed by atoms with Crippen LogP contribution in [-0.2, 0) is 20.9 Å². The maximum absolute atomic E-state index is 2.54. The molecule has 0 nitrogen and oxygen atoms in total. The molecule has 0 aromatic heterocycles. The second-order valence-corrected chi connectivity index (χ2v) is 25.2. The molecule has 185 valence electrons. The largest absolute Gasteiger partial charge is 1.00 e. The summed E-state index contributed by atoms with van der Waals surface area (Å²) in [5.74, 6) is 0. The van der Waals surface area contributed by atoms with Crippen molar-refractivity contribution in [3.63, 3.8) is 0 Å². The molecule has 0 saturated carbocycles. The van der Waals surface area contributed by atoms with E-state index < -0.39 is 20.9 Å². The van der Waals surface area contributed by atoms with E-state index in [4.69, 9.17) is 0 Å². The van der Waals surface area contributed by atoms with Crippen LogP contribution < -0.4 is 24.8 Å². The van der Waals surface area contributed by atoms with Gasteiger partial charge in [0, 0.05) is 0 Å². The average molecular weight is 610 g/mol. The van der Waals surface area contributed by atoms with Crippen molar-refractivity contribution in [3.8, 4) is 0 Å². The summed E-state index contributed by atoms with van der Waals surface area (Å²) in [4.78, 5) is 0. The van der Waals surface area contributed by atoms with Gasteiger partial charge in [-0.25, -0.2) is 0 Å². The summed E-state index contributed by atoms with van der Waals surface area (Å²) < 4.78 is 1.49. The molecular weight excluding hydrogens is 575 g/mol. The zero-order valence-corrected chi connectivity index (χ0v) is 27.3. The van der Waals surface area contributed by atoms with Crippen LogP contribution in [0.3, 0.4) is 0 Å². The van der Waals surface area contributed by atoms with Crippen LogP contribution in [0, 0.1) is 0 Å². The van der Waals surface area contributed by atoms with Crippen LogP contribution in [0.25, 0.3) is 33.7 Å². The van der Waals surface area contributed by atoms with Crippen molar-refractivity contribution in [2.75, 3.05) is 0 Å². The molecule has 0 radical (unpaired) electrons. The third kappa shape index (κ3) is 4.88. The van der Waals surface area contributed by atoms with E-state index >= 15 is 0 Å². The minimum absolute atomic E-state index is 0. The number of allylic oxidation sites excluding steroid dienone is 2. The van der Waals surface area contributed by atoms with E-state index in [1.54, 1.807) is 22.3 Å². The zero-order valence-electron chi connectivity index (χ0n) is 21.9. The first-order valence-electron chi connectivity index (χ1n) is 12.9. The molecule has 2 unspecified atom stereocenters. The maximum Gasteiger partial charge on any atom is -1.00 e. The molecule has 0 heterocycles. The van der Waals surface area contributed by atoms with Gasteiger partial charge in [-0.2, -0.15) is 0 Å². The van der Waals surface area contributed by atoms with E-state index in [1.807, 2.05) is 13.8 Å². The van der Waals surface area contributed by atoms with E-state index in [-0.39, 0.29) is 31.5 Å². The molecule has 0 amide bonds. The van der Waals surface area contributed by atoms with E-state index in [1.165, 1.54) is 38.7 Å². The molecule has 0 spiro atoms. The van der Waals surface area contributed by atoms with Crippen LogP contribution in [0.5, 0.6) is 0 Å². The number of fused-ring (bicyclic) bond motifs is 6. The van der Waals surface area contributed by atoms with Crippen molar-refractivity contribution in [3.05, 3.63) is 106 Å². The summed E-state index contributed by atoms with van der Waals surface area (Å²) in [5.41, 5.74) is 9.64. The smallest absolute Gasteiger partial charge is 1.00 e. The van der Waals surface area contributed by atoms with Gasteiger partial charge in [0.15, 0.2) is 0 Å². The van der Waals surface area contributed by atoms with Crippen molar-refractivity contribution in [2.45, 2.75) is 47.9 Å². The summed E-state index contributed by atoms with van der Waals surface area (Å²) in [6, 6.07) is 29.0. The molecule has 4 heteroatoms. The summed E-state index contributed by atoms with van der Waals surface area (Å²) in [7, 11) is 0. The number of benzene rings is 4. The van der Waals surface area contributed by atoms with E-state index in [2.05, 4.69) is 106 Å². The fourth-order valence-corrected chi connectivity index (χ4v) is 29.7. The van der Waals surface area contributed by atoms with Gasteiger partial charge in [0.1, 0.15) is 0 Å². The van der Waals surface area contributed by atoms with Crippen molar-refractivity contribution in [1.29, 1.82) is 0 Å². The third-order valence-electron chi connectivity index (χ3n) is 7.57. The van der Waals surface area contributed by atoms with Crippen LogP contribution in [0.4, 0.5) is 0 Å². The van der Waals surface area contributed by atoms with Gasteiger partial charge in [-0.3, -0.25) is 0 Å². The van der Waals surface area contributed by atoms with Crippen molar-refractivity contribution < 1.29 is 45.7 Å². The van der Waals surface area contributed by atoms with Crippen LogP contribution >= 0.6 is 0 Å². The first kappa shape index (κ1) is 29.1. The summed E-state index contributed by atoms with van der Waals surface area (Å²) >= 11 is -1.84. The summed E-state index contributed by atoms with van der Waals surface area (Å²) in [6.07, 6.45) is 5.09. The Labute approximate surface area is 238 Å². The predicted molar refractivity (Wildman–Crippen MR) is 151 cm³/mol. The van der Waals surface area contributed by atoms with Crippen LogP contribution in [0.2, 0.25) is 6.04 Å². The van der Waals surface area contributed by atoms with Crippen LogP contribution in [0.15, 0.2) is 83.9 Å². The third-order valence-corrected chi connectivity index (χ3v) is 28.8. The first-order chi connectivity index (χ1) is 16.7. The monoisotopic (exact) mass is 607 g/mol. The standard InChI is InChI=1S/2C14H11.C2H7Si.C2H6.2ClH.Zr/c2*1-10-8-12-7-6-11-4-2-3-5-13(11)14(12)9-10;1-2-3;1-2;;;/h2*2-9H,1H3;2-3H2,1H3;1-2H3;2*1H;/q;;;;;;+2/p-2. The maximum atomic E-state index is 2.54. The Balaban J connectivity index is 0.000000882. The Hall–Kier alpha value is -1.44. The fourth-order valence-electron chi connectivity index (χ4n) is 6.29. The van der Waals surface area contributed by atoms with E-state index in [0.717, 1.165) is 7.25 Å². The van der Waals surface area contributed by atoms with Gasteiger partial charge in [-0.05, 0) is 0 Å². The number of hydrogen-bond donors (Lipinski definition) is 0. The number of rotatable bonds is 4. The van der Waals surface area contributed by atoms with Gasteiger partial charge in [-0.1, -0.05) is 13.8 Å². The topological polar surface area (TPSA) is 0 Å². The number of hydrogen-bond acceptors (Lipinski definition) is 0. The van der Waals surface area contributed by atoms with Gasteiger partial charge in [0.2, 0.25) is 0 Å². The van der Waals surface area contributed by atoms with Crippen LogP contribution in [-0.4, -0.2) is 6.65 Å². The molecule has 2 atom stereocenters. The Morgan fingerprint density at radius 1 is 0.639 bits per heavy atom. The van der Waals surface area contributed by atoms with Gasteiger partial charge in [-0.15, -0.1) is 0 Å². The first-order valence-corrected chi connectivity index (χ1v) is 22.7. The molecule has 0 aliphatic heterocycles. The summed E-state index contributed by atoms with van der Waals surface area (Å²) in [6.45, 7) is 11.3. The minimum Gasteiger partial charge on any atom is -1.00 e. The molecule has 4 aromatic carbocycles. The average Bonchev–Trinajstić information content (AvgIpc) is 3.40. The fraction of sp³-hybridized carbons (Fsp3) is 0.250. The van der Waals surface area contributed by atoms with Gasteiger partial charge < -0.3 is 24.8 Å². The van der Waals surface area contributed by atoms with Crippen molar-refractivity contribution >= 4 is 40.3 Å². The molecule has 0 fully saturated rings. The quantitative estimate of drug-likeness (QED) is 0.313. The molecule has 0 saturated heterocycles. The molecule has 6 rings (SSSR count). The Morgan fingerprint density at radius 2 is 1.06 bits per heavy atom. The molecule has 2 aliphatic rings. The van der Waals surface area contributed by atoms with Crippen molar-refractivity contribution in [2.24, 2.45) is 0 Å². The predicted octanol–water partition coefficient (Wildman–Crippen LogP) is 2.78. The Bertz CT molecular complexity index is 1330. The summed E-state index contributed by atoms with van der Waals surface area (Å²) in [5, 5.41) is 5.64. The van der Waals surface area contributed by atoms with Crippen LogP contribution in [0.1, 0.15) is 64.1 Å². The normalized spacial score (nSPS) is 17.5. The van der Waals surface area contributed by atoms with E-state index in [0.29, 0.717) is 0 Å². The second kappa shape index (κ2) is 12.4. The molecule has 0 bridgehead atoms.